The van der Waals surface area contributed by atoms with Crippen LogP contribution in [0.2, 0.25) is 0 Å². The predicted octanol–water partition coefficient (Wildman–Crippen LogP) is 0.617. The highest BCUT2D eigenvalue weighted by Gasteiger charge is 2.27. The van der Waals surface area contributed by atoms with Gasteiger partial charge in [0.1, 0.15) is 5.69 Å². The number of nitrogen functional groups attached to an aromatic ring is 1. The number of nitrogens with zero attached hydrogens (tertiary/aromatic N) is 2. The summed E-state index contributed by atoms with van der Waals surface area (Å²) in [4.78, 5) is 18.1. The van der Waals surface area contributed by atoms with Gasteiger partial charge in [-0.3, -0.25) is 15.6 Å². The molecule has 1 fully saturated rings. The highest BCUT2D eigenvalue weighted by Crippen LogP contribution is 2.15. The van der Waals surface area contributed by atoms with Gasteiger partial charge in [-0.05, 0) is 26.0 Å². The van der Waals surface area contributed by atoms with Crippen LogP contribution in [0.4, 0.5) is 5.69 Å². The largest absolute Gasteiger partial charge is 0.372 e. The summed E-state index contributed by atoms with van der Waals surface area (Å²) in [5.41, 5.74) is 3.57. The molecule has 0 aromatic carbocycles. The number of anilines is 1. The Morgan fingerprint density at radius 3 is 2.78 bits per heavy atom. The standard InChI is InChI=1S/C12H18N4O2/c1-8-6-16(7-9(2)18-8)12(17)11-5-10(15-13)3-4-14-11/h3-5,8-9H,6-7,13H2,1-2H3,(H,14,15). The minimum atomic E-state index is -0.0888. The SMILES string of the molecule is CC1CN(C(=O)c2cc(NN)ccn2)CC(C)O1. The molecule has 0 saturated carbocycles. The molecule has 0 bridgehead atoms. The van der Waals surface area contributed by atoms with E-state index in [4.69, 9.17) is 10.6 Å². The van der Waals surface area contributed by atoms with Gasteiger partial charge in [0.15, 0.2) is 0 Å². The van der Waals surface area contributed by atoms with Crippen molar-refractivity contribution in [2.45, 2.75) is 26.1 Å². The van der Waals surface area contributed by atoms with Crippen LogP contribution in [0, 0.1) is 0 Å². The molecule has 1 aliphatic rings. The maximum atomic E-state index is 12.3. The number of rotatable bonds is 2. The van der Waals surface area contributed by atoms with Crippen LogP contribution in [0.1, 0.15) is 24.3 Å². The molecule has 18 heavy (non-hydrogen) atoms. The number of nitrogens with two attached hydrogens (primary N) is 1. The van der Waals surface area contributed by atoms with Crippen molar-refractivity contribution in [2.24, 2.45) is 5.84 Å². The fourth-order valence-corrected chi connectivity index (χ4v) is 2.14. The van der Waals surface area contributed by atoms with Crippen molar-refractivity contribution in [1.29, 1.82) is 0 Å². The Balaban J connectivity index is 2.14. The highest BCUT2D eigenvalue weighted by atomic mass is 16.5. The number of aromatic nitrogens is 1. The van der Waals surface area contributed by atoms with Crippen molar-refractivity contribution in [3.05, 3.63) is 24.0 Å². The predicted molar refractivity (Wildman–Crippen MR) is 68.0 cm³/mol. The van der Waals surface area contributed by atoms with Gasteiger partial charge in [-0.2, -0.15) is 0 Å². The third kappa shape index (κ3) is 2.77. The first-order valence-corrected chi connectivity index (χ1v) is 5.97. The van der Waals surface area contributed by atoms with Crippen LogP contribution >= 0.6 is 0 Å². The quantitative estimate of drug-likeness (QED) is 0.594. The van der Waals surface area contributed by atoms with E-state index in [0.29, 0.717) is 24.5 Å². The Bertz CT molecular complexity index is 428. The van der Waals surface area contributed by atoms with Gasteiger partial charge in [0.25, 0.3) is 5.91 Å². The Morgan fingerprint density at radius 1 is 1.50 bits per heavy atom. The van der Waals surface area contributed by atoms with Crippen LogP contribution in [0.25, 0.3) is 0 Å². The summed E-state index contributed by atoms with van der Waals surface area (Å²) in [6.07, 6.45) is 1.66. The fourth-order valence-electron chi connectivity index (χ4n) is 2.14. The number of morpholine rings is 1. The van der Waals surface area contributed by atoms with Gasteiger partial charge < -0.3 is 15.1 Å². The molecule has 2 heterocycles. The van der Waals surface area contributed by atoms with Gasteiger partial charge in [0.2, 0.25) is 0 Å². The van der Waals surface area contributed by atoms with Crippen molar-refractivity contribution in [1.82, 2.24) is 9.88 Å². The Labute approximate surface area is 106 Å². The Morgan fingerprint density at radius 2 is 2.17 bits per heavy atom. The number of pyridine rings is 1. The van der Waals surface area contributed by atoms with Crippen molar-refractivity contribution >= 4 is 11.6 Å². The second-order valence-corrected chi connectivity index (χ2v) is 4.54. The Hall–Kier alpha value is -1.66. The minimum Gasteiger partial charge on any atom is -0.372 e. The molecule has 0 spiro atoms. The first-order chi connectivity index (χ1) is 8.60. The van der Waals surface area contributed by atoms with E-state index in [2.05, 4.69) is 10.4 Å². The van der Waals surface area contributed by atoms with E-state index in [1.807, 2.05) is 13.8 Å². The molecule has 2 unspecified atom stereocenters. The molecular formula is C12H18N4O2. The number of carbonyl (C=O) groups is 1. The monoisotopic (exact) mass is 250 g/mol. The summed E-state index contributed by atoms with van der Waals surface area (Å²) in [6, 6.07) is 3.36. The number of hydrogen-bond donors (Lipinski definition) is 2. The topological polar surface area (TPSA) is 80.5 Å². The van der Waals surface area contributed by atoms with Gasteiger partial charge in [-0.25, -0.2) is 0 Å². The first-order valence-electron chi connectivity index (χ1n) is 5.97. The summed E-state index contributed by atoms with van der Waals surface area (Å²) in [6.45, 7) is 5.10. The number of carbonyl (C=O) groups excluding carboxylic acids is 1. The summed E-state index contributed by atoms with van der Waals surface area (Å²) >= 11 is 0. The lowest BCUT2D eigenvalue weighted by Crippen LogP contribution is -2.48. The normalized spacial score (nSPS) is 23.8. The fraction of sp³-hybridized carbons (Fsp3) is 0.500. The number of hydrazine groups is 1. The number of ether oxygens (including phenoxy) is 1. The molecule has 0 aliphatic carbocycles. The third-order valence-electron chi connectivity index (χ3n) is 2.85. The van der Waals surface area contributed by atoms with Gasteiger partial charge in [-0.1, -0.05) is 0 Å². The van der Waals surface area contributed by atoms with Gasteiger partial charge in [0.05, 0.1) is 17.9 Å². The van der Waals surface area contributed by atoms with E-state index in [-0.39, 0.29) is 18.1 Å². The lowest BCUT2D eigenvalue weighted by molar-refractivity contribution is -0.0587. The Kier molecular flexibility index (Phi) is 3.78. The molecule has 6 nitrogen and oxygen atoms in total. The second-order valence-electron chi connectivity index (χ2n) is 4.54. The molecule has 0 radical (unpaired) electrons. The lowest BCUT2D eigenvalue weighted by Gasteiger charge is -2.35. The molecule has 1 aliphatic heterocycles. The van der Waals surface area contributed by atoms with Gasteiger partial charge in [0, 0.05) is 19.3 Å². The molecular weight excluding hydrogens is 232 g/mol. The van der Waals surface area contributed by atoms with Crippen molar-refractivity contribution < 1.29 is 9.53 Å². The average molecular weight is 250 g/mol. The average Bonchev–Trinajstić information content (AvgIpc) is 2.37. The van der Waals surface area contributed by atoms with Crippen LogP contribution in [0.3, 0.4) is 0 Å². The first kappa shape index (κ1) is 12.8. The molecule has 2 rings (SSSR count). The zero-order valence-electron chi connectivity index (χ0n) is 10.6. The second kappa shape index (κ2) is 5.32. The molecule has 1 amide bonds. The number of amides is 1. The van der Waals surface area contributed by atoms with E-state index in [1.165, 1.54) is 0 Å². The van der Waals surface area contributed by atoms with E-state index in [0.717, 1.165) is 0 Å². The lowest BCUT2D eigenvalue weighted by atomic mass is 10.2. The van der Waals surface area contributed by atoms with E-state index in [1.54, 1.807) is 23.2 Å². The summed E-state index contributed by atoms with van der Waals surface area (Å²) in [7, 11) is 0. The number of nitrogens with one attached hydrogen (secondary N) is 1. The van der Waals surface area contributed by atoms with Crippen molar-refractivity contribution in [3.8, 4) is 0 Å². The summed E-state index contributed by atoms with van der Waals surface area (Å²) in [5.74, 6) is 5.23. The highest BCUT2D eigenvalue weighted by molar-refractivity contribution is 5.93. The summed E-state index contributed by atoms with van der Waals surface area (Å²) in [5, 5.41) is 0. The zero-order valence-corrected chi connectivity index (χ0v) is 10.6. The van der Waals surface area contributed by atoms with Crippen LogP contribution in [-0.4, -0.2) is 41.1 Å². The van der Waals surface area contributed by atoms with Crippen LogP contribution in [-0.2, 0) is 4.74 Å². The smallest absolute Gasteiger partial charge is 0.272 e. The van der Waals surface area contributed by atoms with E-state index in [9.17, 15) is 4.79 Å². The van der Waals surface area contributed by atoms with Gasteiger partial charge in [-0.15, -0.1) is 0 Å². The van der Waals surface area contributed by atoms with E-state index < -0.39 is 0 Å². The van der Waals surface area contributed by atoms with Crippen LogP contribution in [0.5, 0.6) is 0 Å². The molecule has 3 N–H and O–H groups in total. The molecule has 1 aromatic heterocycles. The van der Waals surface area contributed by atoms with Gasteiger partial charge >= 0.3 is 0 Å². The van der Waals surface area contributed by atoms with E-state index >= 15 is 0 Å². The maximum Gasteiger partial charge on any atom is 0.272 e. The van der Waals surface area contributed by atoms with Crippen molar-refractivity contribution in [2.75, 3.05) is 18.5 Å². The third-order valence-corrected chi connectivity index (χ3v) is 2.85. The molecule has 1 saturated heterocycles. The van der Waals surface area contributed by atoms with Crippen molar-refractivity contribution in [3.63, 3.8) is 0 Å². The molecule has 98 valence electrons. The molecule has 6 heteroatoms. The number of hydrogen-bond acceptors (Lipinski definition) is 5. The molecule has 1 aromatic rings. The minimum absolute atomic E-state index is 0.0496. The summed E-state index contributed by atoms with van der Waals surface area (Å²) < 4.78 is 5.60. The molecule has 2 atom stereocenters. The zero-order chi connectivity index (χ0) is 13.1. The maximum absolute atomic E-state index is 12.3. The van der Waals surface area contributed by atoms with Crippen LogP contribution < -0.4 is 11.3 Å². The van der Waals surface area contributed by atoms with Crippen LogP contribution in [0.15, 0.2) is 18.3 Å².